The summed E-state index contributed by atoms with van der Waals surface area (Å²) in [6, 6.07) is 16.0. The van der Waals surface area contributed by atoms with Crippen LogP contribution in [0, 0.1) is 11.8 Å². The Labute approximate surface area is 270 Å². The van der Waals surface area contributed by atoms with Crippen LogP contribution in [0.25, 0.3) is 0 Å². The Hall–Kier alpha value is -3.10. The van der Waals surface area contributed by atoms with Crippen molar-refractivity contribution < 1.29 is 19.1 Å². The number of carbonyl (C=O) groups is 2. The molecule has 0 spiro atoms. The topological polar surface area (TPSA) is 111 Å². The molecule has 2 atom stereocenters. The average Bonchev–Trinajstić information content (AvgIpc) is 3.01. The maximum atomic E-state index is 13.3. The van der Waals surface area contributed by atoms with Gasteiger partial charge in [0.05, 0.1) is 0 Å². The fourth-order valence-corrected chi connectivity index (χ4v) is 7.00. The van der Waals surface area contributed by atoms with Gasteiger partial charge in [0.1, 0.15) is 0 Å². The van der Waals surface area contributed by atoms with Gasteiger partial charge in [-0.3, -0.25) is 21.1 Å². The van der Waals surface area contributed by atoms with Crippen molar-refractivity contribution >= 4 is 23.3 Å². The molecular weight excluding hydrogens is 564 g/mol. The number of hydrogen-bond donors (Lipinski definition) is 2. The molecule has 8 heteroatoms. The zero-order valence-corrected chi connectivity index (χ0v) is 28.1. The number of hydrogen-bond acceptors (Lipinski definition) is 8. The van der Waals surface area contributed by atoms with Gasteiger partial charge in [-0.1, -0.05) is 64.1 Å². The zero-order valence-electron chi connectivity index (χ0n) is 28.1. The fourth-order valence-electron chi connectivity index (χ4n) is 7.00. The number of nitrogens with zero attached hydrogens (tertiary/aromatic N) is 2. The van der Waals surface area contributed by atoms with Gasteiger partial charge in [0.25, 0.3) is 0 Å². The lowest BCUT2D eigenvalue weighted by Gasteiger charge is -2.37. The van der Waals surface area contributed by atoms with E-state index in [-0.39, 0.29) is 31.1 Å². The Morgan fingerprint density at radius 3 is 1.36 bits per heavy atom. The molecule has 0 aromatic heterocycles. The second-order valence-electron chi connectivity index (χ2n) is 13.9. The van der Waals surface area contributed by atoms with Crippen molar-refractivity contribution in [2.75, 3.05) is 36.0 Å². The summed E-state index contributed by atoms with van der Waals surface area (Å²) >= 11 is 0. The number of ether oxygens (including phenoxy) is 2. The van der Waals surface area contributed by atoms with E-state index in [0.29, 0.717) is 12.8 Å². The molecule has 2 aliphatic rings. The maximum Gasteiger partial charge on any atom is 0.307 e. The molecule has 248 valence electrons. The minimum Gasteiger partial charge on any atom is -0.440 e. The van der Waals surface area contributed by atoms with Crippen LogP contribution in [0.15, 0.2) is 48.5 Å². The van der Waals surface area contributed by atoms with Crippen molar-refractivity contribution in [1.29, 1.82) is 0 Å². The van der Waals surface area contributed by atoms with Crippen LogP contribution in [-0.2, 0) is 30.5 Å². The first-order valence-corrected chi connectivity index (χ1v) is 17.2. The van der Waals surface area contributed by atoms with E-state index in [0.717, 1.165) is 74.4 Å². The van der Waals surface area contributed by atoms with Crippen LogP contribution in [0.5, 0.6) is 0 Å². The van der Waals surface area contributed by atoms with Gasteiger partial charge >= 0.3 is 11.9 Å². The van der Waals surface area contributed by atoms with Crippen LogP contribution in [0.3, 0.4) is 0 Å². The SMILES string of the molecule is CC(C)CC(N)(OC(=O)CCCC(=O)OC(N)(CC(C)C)c1ccccc1N1CCCCC1)c1ccccc1N1CCCCC1. The van der Waals surface area contributed by atoms with E-state index in [2.05, 4.69) is 49.6 Å². The standard InChI is InChI=1S/C37H56N4O4/c1-28(2)26-36(38,30-16-7-9-18-32(30)40-22-11-5-12-23-40)44-34(42)20-15-21-35(43)45-37(39,27-29(3)4)31-17-8-10-19-33(31)41-24-13-6-14-25-41/h7-10,16-19,28-29H,5-6,11-15,20-27,38-39H2,1-4H3. The second-order valence-corrected chi connectivity index (χ2v) is 13.9. The van der Waals surface area contributed by atoms with Gasteiger partial charge in [-0.15, -0.1) is 0 Å². The van der Waals surface area contributed by atoms with Crippen LogP contribution in [0.4, 0.5) is 11.4 Å². The fraction of sp³-hybridized carbons (Fsp3) is 0.622. The summed E-state index contributed by atoms with van der Waals surface area (Å²) in [5.74, 6) is -0.427. The van der Waals surface area contributed by atoms with Crippen molar-refractivity contribution in [3.63, 3.8) is 0 Å². The number of para-hydroxylation sites is 2. The maximum absolute atomic E-state index is 13.3. The van der Waals surface area contributed by atoms with Crippen LogP contribution < -0.4 is 21.3 Å². The number of rotatable bonds is 14. The van der Waals surface area contributed by atoms with Crippen molar-refractivity contribution in [2.45, 2.75) is 110 Å². The molecule has 0 radical (unpaired) electrons. The van der Waals surface area contributed by atoms with E-state index in [1.54, 1.807) is 0 Å². The van der Waals surface area contributed by atoms with E-state index in [1.165, 1.54) is 12.8 Å². The van der Waals surface area contributed by atoms with Gasteiger partial charge in [-0.2, -0.15) is 0 Å². The van der Waals surface area contributed by atoms with E-state index in [1.807, 2.05) is 36.4 Å². The van der Waals surface area contributed by atoms with Crippen molar-refractivity contribution in [3.8, 4) is 0 Å². The summed E-state index contributed by atoms with van der Waals surface area (Å²) < 4.78 is 12.2. The Morgan fingerprint density at radius 1 is 0.644 bits per heavy atom. The van der Waals surface area contributed by atoms with Crippen molar-refractivity contribution in [3.05, 3.63) is 59.7 Å². The molecule has 8 nitrogen and oxygen atoms in total. The number of carbonyl (C=O) groups excluding carboxylic acids is 2. The Balaban J connectivity index is 1.42. The first-order chi connectivity index (χ1) is 21.5. The first-order valence-electron chi connectivity index (χ1n) is 17.2. The molecule has 0 aliphatic carbocycles. The van der Waals surface area contributed by atoms with Crippen LogP contribution in [0.1, 0.15) is 109 Å². The molecule has 0 bridgehead atoms. The molecule has 0 saturated carbocycles. The summed E-state index contributed by atoms with van der Waals surface area (Å²) in [5.41, 5.74) is 15.1. The Bertz CT molecular complexity index is 1160. The number of esters is 2. The lowest BCUT2D eigenvalue weighted by Crippen LogP contribution is -2.45. The lowest BCUT2D eigenvalue weighted by atomic mass is 9.91. The summed E-state index contributed by atoms with van der Waals surface area (Å²) in [5, 5.41) is 0. The Kier molecular flexibility index (Phi) is 12.3. The van der Waals surface area contributed by atoms with Crippen LogP contribution in [-0.4, -0.2) is 38.1 Å². The van der Waals surface area contributed by atoms with E-state index in [9.17, 15) is 9.59 Å². The molecule has 45 heavy (non-hydrogen) atoms. The third kappa shape index (κ3) is 9.46. The van der Waals surface area contributed by atoms with Crippen LogP contribution >= 0.6 is 0 Å². The highest BCUT2D eigenvalue weighted by Crippen LogP contribution is 2.38. The third-order valence-electron chi connectivity index (χ3n) is 8.89. The van der Waals surface area contributed by atoms with E-state index in [4.69, 9.17) is 20.9 Å². The molecule has 4 rings (SSSR count). The quantitative estimate of drug-likeness (QED) is 0.173. The molecular formula is C37H56N4O4. The first kappa shape index (κ1) is 34.8. The molecule has 2 heterocycles. The molecule has 2 saturated heterocycles. The summed E-state index contributed by atoms with van der Waals surface area (Å²) in [6.45, 7) is 12.2. The van der Waals surface area contributed by atoms with E-state index < -0.39 is 23.4 Å². The van der Waals surface area contributed by atoms with Crippen molar-refractivity contribution in [2.24, 2.45) is 23.3 Å². The number of piperidine rings is 2. The highest BCUT2D eigenvalue weighted by Gasteiger charge is 2.38. The second kappa shape index (κ2) is 15.9. The molecule has 2 aromatic carbocycles. The van der Waals surface area contributed by atoms with Gasteiger partial charge in [0, 0.05) is 74.4 Å². The predicted molar refractivity (Wildman–Crippen MR) is 182 cm³/mol. The number of nitrogens with two attached hydrogens (primary N) is 2. The van der Waals surface area contributed by atoms with Gasteiger partial charge in [-0.05, 0) is 68.9 Å². The van der Waals surface area contributed by atoms with Gasteiger partial charge in [0.15, 0.2) is 11.4 Å². The van der Waals surface area contributed by atoms with Gasteiger partial charge in [0.2, 0.25) is 0 Å². The summed E-state index contributed by atoms with van der Waals surface area (Å²) in [7, 11) is 0. The summed E-state index contributed by atoms with van der Waals surface area (Å²) in [6.07, 6.45) is 8.39. The minimum atomic E-state index is -1.26. The summed E-state index contributed by atoms with van der Waals surface area (Å²) in [4.78, 5) is 31.2. The van der Waals surface area contributed by atoms with E-state index >= 15 is 0 Å². The molecule has 2 aromatic rings. The third-order valence-corrected chi connectivity index (χ3v) is 8.89. The molecule has 0 amide bonds. The zero-order chi connectivity index (χ0) is 32.5. The number of benzene rings is 2. The molecule has 2 aliphatic heterocycles. The highest BCUT2D eigenvalue weighted by molar-refractivity contribution is 5.74. The monoisotopic (exact) mass is 620 g/mol. The smallest absolute Gasteiger partial charge is 0.307 e. The molecule has 4 N–H and O–H groups in total. The normalized spacial score (nSPS) is 18.4. The van der Waals surface area contributed by atoms with Gasteiger partial charge in [-0.25, -0.2) is 0 Å². The van der Waals surface area contributed by atoms with Crippen LogP contribution in [0.2, 0.25) is 0 Å². The average molecular weight is 621 g/mol. The van der Waals surface area contributed by atoms with Gasteiger partial charge < -0.3 is 19.3 Å². The molecule has 2 unspecified atom stereocenters. The Morgan fingerprint density at radius 2 is 1.00 bits per heavy atom. The molecule has 2 fully saturated rings. The van der Waals surface area contributed by atoms with Crippen molar-refractivity contribution in [1.82, 2.24) is 0 Å². The predicted octanol–water partition coefficient (Wildman–Crippen LogP) is 6.94. The number of anilines is 2. The minimum absolute atomic E-state index is 0.0597. The highest BCUT2D eigenvalue weighted by atomic mass is 16.6. The lowest BCUT2D eigenvalue weighted by molar-refractivity contribution is -0.164. The largest absolute Gasteiger partial charge is 0.440 e.